The first kappa shape index (κ1) is 12.8. The second-order valence-electron chi connectivity index (χ2n) is 5.44. The Hall–Kier alpha value is -0.690. The molecule has 0 amide bonds. The van der Waals surface area contributed by atoms with Gasteiger partial charge in [0.25, 0.3) is 0 Å². The average Bonchev–Trinajstić information content (AvgIpc) is 2.39. The van der Waals surface area contributed by atoms with Gasteiger partial charge in [0.2, 0.25) is 0 Å². The summed E-state index contributed by atoms with van der Waals surface area (Å²) in [7, 11) is 0. The molecule has 1 heteroatoms. The van der Waals surface area contributed by atoms with Crippen molar-refractivity contribution in [1.29, 1.82) is 0 Å². The van der Waals surface area contributed by atoms with Gasteiger partial charge < -0.3 is 0 Å². The second kappa shape index (κ2) is 5.77. The molecular formula is C16H22S. The van der Waals surface area contributed by atoms with E-state index in [1.807, 2.05) is 0 Å². The van der Waals surface area contributed by atoms with Crippen LogP contribution in [0.3, 0.4) is 0 Å². The largest absolute Gasteiger partial charge is 0.0840 e. The van der Waals surface area contributed by atoms with Crippen LogP contribution in [0.5, 0.6) is 0 Å². The molecule has 3 unspecified atom stereocenters. The highest BCUT2D eigenvalue weighted by Gasteiger charge is 2.28. The first-order chi connectivity index (χ1) is 8.20. The summed E-state index contributed by atoms with van der Waals surface area (Å²) in [6.07, 6.45) is 5.53. The highest BCUT2D eigenvalue weighted by molar-refractivity contribution is 7.80. The Balaban J connectivity index is 2.09. The van der Waals surface area contributed by atoms with E-state index >= 15 is 0 Å². The van der Waals surface area contributed by atoms with Gasteiger partial charge in [-0.2, -0.15) is 0 Å². The first-order valence-corrected chi connectivity index (χ1v) is 7.20. The van der Waals surface area contributed by atoms with E-state index in [0.717, 1.165) is 16.7 Å². The Kier molecular flexibility index (Phi) is 4.33. The molecule has 92 valence electrons. The first-order valence-electron chi connectivity index (χ1n) is 6.79. The molecule has 3 atom stereocenters. The lowest BCUT2D eigenvalue weighted by molar-refractivity contribution is 0.221. The van der Waals surface area contributed by atoms with Gasteiger partial charge in [0.15, 0.2) is 0 Å². The Morgan fingerprint density at radius 1 is 1.18 bits per heavy atom. The van der Waals surface area contributed by atoms with E-state index in [2.05, 4.69) is 44.2 Å². The fraction of sp³-hybridized carbons (Fsp3) is 0.562. The third-order valence-electron chi connectivity index (χ3n) is 4.29. The zero-order valence-corrected chi connectivity index (χ0v) is 11.7. The molecule has 1 fully saturated rings. The van der Waals surface area contributed by atoms with Gasteiger partial charge >= 0.3 is 0 Å². The minimum absolute atomic E-state index is 0.544. The molecule has 0 aromatic heterocycles. The normalized spacial score (nSPS) is 26.5. The van der Waals surface area contributed by atoms with Crippen LogP contribution in [0.4, 0.5) is 0 Å². The Labute approximate surface area is 110 Å². The SMILES string of the molecule is CC1CCCCC1C(C)C(=S)c1ccccc1. The van der Waals surface area contributed by atoms with Gasteiger partial charge in [0.1, 0.15) is 0 Å². The van der Waals surface area contributed by atoms with Crippen LogP contribution < -0.4 is 0 Å². The summed E-state index contributed by atoms with van der Waals surface area (Å²) < 4.78 is 0. The van der Waals surface area contributed by atoms with E-state index in [0.29, 0.717) is 5.92 Å². The van der Waals surface area contributed by atoms with Crippen LogP contribution in [-0.2, 0) is 0 Å². The molecule has 0 N–H and O–H groups in total. The molecule has 0 bridgehead atoms. The topological polar surface area (TPSA) is 0 Å². The molecule has 2 rings (SSSR count). The predicted octanol–water partition coefficient (Wildman–Crippen LogP) is 4.87. The summed E-state index contributed by atoms with van der Waals surface area (Å²) in [6, 6.07) is 10.5. The third kappa shape index (κ3) is 2.95. The summed E-state index contributed by atoms with van der Waals surface area (Å²) in [5.74, 6) is 2.17. The van der Waals surface area contributed by atoms with Crippen LogP contribution >= 0.6 is 12.2 Å². The number of benzene rings is 1. The van der Waals surface area contributed by atoms with Crippen molar-refractivity contribution in [2.75, 3.05) is 0 Å². The number of hydrogen-bond donors (Lipinski definition) is 0. The fourth-order valence-electron chi connectivity index (χ4n) is 3.15. The minimum atomic E-state index is 0.544. The smallest absolute Gasteiger partial charge is 0.0255 e. The van der Waals surface area contributed by atoms with E-state index in [9.17, 15) is 0 Å². The van der Waals surface area contributed by atoms with Crippen molar-refractivity contribution in [3.8, 4) is 0 Å². The zero-order chi connectivity index (χ0) is 12.3. The lowest BCUT2D eigenvalue weighted by Crippen LogP contribution is -2.28. The van der Waals surface area contributed by atoms with Crippen LogP contribution in [0.1, 0.15) is 45.1 Å². The van der Waals surface area contributed by atoms with Gasteiger partial charge in [-0.05, 0) is 29.7 Å². The van der Waals surface area contributed by atoms with E-state index < -0.39 is 0 Å². The maximum atomic E-state index is 5.68. The van der Waals surface area contributed by atoms with Crippen molar-refractivity contribution in [1.82, 2.24) is 0 Å². The molecule has 1 aromatic carbocycles. The van der Waals surface area contributed by atoms with Gasteiger partial charge in [-0.3, -0.25) is 0 Å². The number of thiocarbonyl (C=S) groups is 1. The van der Waals surface area contributed by atoms with Crippen LogP contribution in [0.2, 0.25) is 0 Å². The quantitative estimate of drug-likeness (QED) is 0.542. The summed E-state index contributed by atoms with van der Waals surface area (Å²) >= 11 is 5.68. The Bertz CT molecular complexity index is 368. The molecule has 0 spiro atoms. The summed E-state index contributed by atoms with van der Waals surface area (Å²) in [5, 5.41) is 0. The van der Waals surface area contributed by atoms with Crippen LogP contribution in [-0.4, -0.2) is 4.86 Å². The molecule has 17 heavy (non-hydrogen) atoms. The van der Waals surface area contributed by atoms with Crippen molar-refractivity contribution < 1.29 is 0 Å². The average molecular weight is 246 g/mol. The molecule has 1 aliphatic carbocycles. The molecule has 1 saturated carbocycles. The van der Waals surface area contributed by atoms with E-state index in [1.165, 1.54) is 31.2 Å². The monoisotopic (exact) mass is 246 g/mol. The lowest BCUT2D eigenvalue weighted by atomic mass is 9.72. The summed E-state index contributed by atoms with van der Waals surface area (Å²) in [6.45, 7) is 4.72. The molecular weight excluding hydrogens is 224 g/mol. The van der Waals surface area contributed by atoms with Gasteiger partial charge in [-0.25, -0.2) is 0 Å². The van der Waals surface area contributed by atoms with Gasteiger partial charge in [0.05, 0.1) is 0 Å². The maximum Gasteiger partial charge on any atom is 0.0255 e. The lowest BCUT2D eigenvalue weighted by Gasteiger charge is -2.34. The predicted molar refractivity (Wildman–Crippen MR) is 78.4 cm³/mol. The van der Waals surface area contributed by atoms with E-state index in [4.69, 9.17) is 12.2 Å². The van der Waals surface area contributed by atoms with Crippen molar-refractivity contribution >= 4 is 17.1 Å². The molecule has 0 heterocycles. The van der Waals surface area contributed by atoms with Crippen LogP contribution in [0, 0.1) is 17.8 Å². The Morgan fingerprint density at radius 2 is 1.82 bits per heavy atom. The van der Waals surface area contributed by atoms with Crippen molar-refractivity contribution in [3.63, 3.8) is 0 Å². The third-order valence-corrected chi connectivity index (χ3v) is 4.90. The second-order valence-corrected chi connectivity index (χ2v) is 5.88. The van der Waals surface area contributed by atoms with Gasteiger partial charge in [-0.15, -0.1) is 0 Å². The zero-order valence-electron chi connectivity index (χ0n) is 10.9. The van der Waals surface area contributed by atoms with E-state index in [1.54, 1.807) is 0 Å². The van der Waals surface area contributed by atoms with Crippen LogP contribution in [0.15, 0.2) is 30.3 Å². The molecule has 1 aromatic rings. The molecule has 0 aliphatic heterocycles. The van der Waals surface area contributed by atoms with Crippen molar-refractivity contribution in [3.05, 3.63) is 35.9 Å². The van der Waals surface area contributed by atoms with E-state index in [-0.39, 0.29) is 0 Å². The number of hydrogen-bond acceptors (Lipinski definition) is 1. The molecule has 0 nitrogen and oxygen atoms in total. The summed E-state index contributed by atoms with van der Waals surface area (Å²) in [5.41, 5.74) is 1.24. The maximum absolute atomic E-state index is 5.68. The summed E-state index contributed by atoms with van der Waals surface area (Å²) in [4.78, 5) is 1.16. The molecule has 0 radical (unpaired) electrons. The standard InChI is InChI=1S/C16H22S/c1-12-8-6-7-11-15(12)13(2)16(17)14-9-4-3-5-10-14/h3-5,9-10,12-13,15H,6-8,11H2,1-2H3. The highest BCUT2D eigenvalue weighted by Crippen LogP contribution is 2.36. The van der Waals surface area contributed by atoms with Crippen molar-refractivity contribution in [2.45, 2.75) is 39.5 Å². The van der Waals surface area contributed by atoms with Gasteiger partial charge in [0, 0.05) is 4.86 Å². The number of rotatable bonds is 3. The minimum Gasteiger partial charge on any atom is -0.0840 e. The molecule has 0 saturated heterocycles. The fourth-order valence-corrected chi connectivity index (χ4v) is 3.46. The molecule has 1 aliphatic rings. The van der Waals surface area contributed by atoms with Gasteiger partial charge in [-0.1, -0.05) is 75.7 Å². The van der Waals surface area contributed by atoms with Crippen molar-refractivity contribution in [2.24, 2.45) is 17.8 Å². The van der Waals surface area contributed by atoms with Crippen LogP contribution in [0.25, 0.3) is 0 Å². The Morgan fingerprint density at radius 3 is 2.47 bits per heavy atom. The highest BCUT2D eigenvalue weighted by atomic mass is 32.1.